The van der Waals surface area contributed by atoms with Crippen LogP contribution in [0.5, 0.6) is 5.75 Å². The highest BCUT2D eigenvalue weighted by Gasteiger charge is 2.42. The first-order valence-corrected chi connectivity index (χ1v) is 13.3. The lowest BCUT2D eigenvalue weighted by Crippen LogP contribution is -2.62. The number of carboxylic acid groups (broad SMARTS) is 1. The maximum absolute atomic E-state index is 13.7. The molecule has 2 aromatic carbocycles. The predicted molar refractivity (Wildman–Crippen MR) is 136 cm³/mol. The summed E-state index contributed by atoms with van der Waals surface area (Å²) in [6.45, 7) is 0.698. The van der Waals surface area contributed by atoms with Gasteiger partial charge in [-0.25, -0.2) is 13.6 Å². The number of hydrogen-bond acceptors (Lipinski definition) is 5. The lowest BCUT2D eigenvalue weighted by molar-refractivity contribution is -0.141. The fourth-order valence-corrected chi connectivity index (χ4v) is 5.97. The van der Waals surface area contributed by atoms with Crippen molar-refractivity contribution in [3.63, 3.8) is 0 Å². The Kier molecular flexibility index (Phi) is 7.95. The number of aliphatic hydroxyl groups is 1. The van der Waals surface area contributed by atoms with Gasteiger partial charge in [-0.15, -0.1) is 0 Å². The molecule has 208 valence electrons. The van der Waals surface area contributed by atoms with Crippen LogP contribution in [0.1, 0.15) is 43.2 Å². The van der Waals surface area contributed by atoms with Gasteiger partial charge in [0.05, 0.1) is 30.2 Å². The Balaban J connectivity index is 1.24. The highest BCUT2D eigenvalue weighted by Crippen LogP contribution is 2.35. The van der Waals surface area contributed by atoms with Gasteiger partial charge < -0.3 is 25.2 Å². The molecule has 39 heavy (non-hydrogen) atoms. The van der Waals surface area contributed by atoms with Crippen molar-refractivity contribution in [1.29, 1.82) is 0 Å². The largest absolute Gasteiger partial charge is 0.488 e. The van der Waals surface area contributed by atoms with E-state index in [0.717, 1.165) is 29.2 Å². The maximum atomic E-state index is 13.7. The number of halogens is 3. The first kappa shape index (κ1) is 27.2. The van der Waals surface area contributed by atoms with E-state index >= 15 is 0 Å². The van der Waals surface area contributed by atoms with Gasteiger partial charge in [-0.1, -0.05) is 24.3 Å². The number of aryl methyl sites for hydroxylation is 1. The Hall–Kier alpha value is -3.37. The lowest BCUT2D eigenvalue weighted by atomic mass is 9.83. The van der Waals surface area contributed by atoms with Crippen molar-refractivity contribution >= 4 is 17.4 Å². The summed E-state index contributed by atoms with van der Waals surface area (Å²) in [6, 6.07) is 8.39. The van der Waals surface area contributed by atoms with Crippen LogP contribution in [0.3, 0.4) is 0 Å². The summed E-state index contributed by atoms with van der Waals surface area (Å²) < 4.78 is 45.9. The number of fused-ring (bicyclic) bond motifs is 2. The number of benzene rings is 2. The van der Waals surface area contributed by atoms with Crippen LogP contribution >= 0.6 is 0 Å². The average Bonchev–Trinajstić information content (AvgIpc) is 3.35. The van der Waals surface area contributed by atoms with Crippen molar-refractivity contribution < 1.29 is 37.7 Å². The third-order valence-electron chi connectivity index (χ3n) is 7.90. The number of aliphatic hydroxyl groups excluding tert-OH is 1. The van der Waals surface area contributed by atoms with Crippen molar-refractivity contribution in [3.05, 3.63) is 70.5 Å². The minimum absolute atomic E-state index is 0.00447. The summed E-state index contributed by atoms with van der Waals surface area (Å²) in [5.74, 6) is -5.76. The summed E-state index contributed by atoms with van der Waals surface area (Å²) in [7, 11) is 0. The Morgan fingerprint density at radius 1 is 1.03 bits per heavy atom. The van der Waals surface area contributed by atoms with E-state index in [0.29, 0.717) is 44.7 Å². The number of carbonyl (C=O) groups excluding carboxylic acids is 1. The van der Waals surface area contributed by atoms with Crippen LogP contribution in [0.15, 0.2) is 42.0 Å². The van der Waals surface area contributed by atoms with E-state index in [1.165, 1.54) is 0 Å². The molecule has 2 heterocycles. The quantitative estimate of drug-likeness (QED) is 0.347. The van der Waals surface area contributed by atoms with Gasteiger partial charge in [0, 0.05) is 19.1 Å². The highest BCUT2D eigenvalue weighted by atomic mass is 19.2. The molecule has 1 saturated carbocycles. The van der Waals surface area contributed by atoms with Crippen molar-refractivity contribution in [2.75, 3.05) is 19.7 Å². The molecule has 7 nitrogen and oxygen atoms in total. The number of carboxylic acids is 1. The number of ether oxygens (including phenoxy) is 1. The average molecular weight is 545 g/mol. The third kappa shape index (κ3) is 5.67. The summed E-state index contributed by atoms with van der Waals surface area (Å²) >= 11 is 0. The van der Waals surface area contributed by atoms with Crippen molar-refractivity contribution in [1.82, 2.24) is 10.2 Å². The van der Waals surface area contributed by atoms with Crippen LogP contribution in [0.2, 0.25) is 0 Å². The number of aliphatic carboxylic acids is 1. The van der Waals surface area contributed by atoms with Crippen LogP contribution in [0, 0.1) is 23.4 Å². The normalized spacial score (nSPS) is 24.7. The van der Waals surface area contributed by atoms with Crippen LogP contribution in [0.25, 0.3) is 5.57 Å². The Morgan fingerprint density at radius 2 is 1.77 bits per heavy atom. The molecule has 2 aliphatic heterocycles. The Bertz CT molecular complexity index is 1280. The zero-order valence-electron chi connectivity index (χ0n) is 21.3. The fourth-order valence-electron chi connectivity index (χ4n) is 5.97. The monoisotopic (exact) mass is 544 g/mol. The molecule has 3 aliphatic rings. The van der Waals surface area contributed by atoms with Crippen molar-refractivity contribution in [2.45, 2.75) is 56.7 Å². The van der Waals surface area contributed by atoms with E-state index in [1.807, 2.05) is 24.3 Å². The van der Waals surface area contributed by atoms with E-state index in [2.05, 4.69) is 5.32 Å². The topological polar surface area (TPSA) is 99.1 Å². The van der Waals surface area contributed by atoms with Gasteiger partial charge in [0.15, 0.2) is 17.4 Å². The van der Waals surface area contributed by atoms with Crippen LogP contribution in [-0.4, -0.2) is 64.9 Å². The minimum atomic E-state index is -1.35. The summed E-state index contributed by atoms with van der Waals surface area (Å²) in [6.07, 6.45) is 2.88. The molecule has 1 amide bonds. The maximum Gasteiger partial charge on any atom is 0.333 e. The summed E-state index contributed by atoms with van der Waals surface area (Å²) in [5, 5.41) is 23.6. The number of amides is 1. The first-order valence-electron chi connectivity index (χ1n) is 13.3. The van der Waals surface area contributed by atoms with E-state index < -0.39 is 47.2 Å². The third-order valence-corrected chi connectivity index (χ3v) is 7.90. The summed E-state index contributed by atoms with van der Waals surface area (Å²) in [4.78, 5) is 27.1. The standard InChI is InChI=1S/C29H31F3N2O5/c30-21-10-11-22(31)27(26(21)32)39-12-2-3-16-6-8-17(9-7-16)20-13-18-14-34(15-23(33-18)25(20)29(37)38)28(36)19-4-1-5-24(19)35/h6-11,18-19,23-24,33,35H,1-5,12-15H2,(H,37,38). The van der Waals surface area contributed by atoms with Crippen molar-refractivity contribution in [3.8, 4) is 5.75 Å². The Morgan fingerprint density at radius 3 is 2.46 bits per heavy atom. The second-order valence-corrected chi connectivity index (χ2v) is 10.5. The number of hydrogen-bond donors (Lipinski definition) is 3. The van der Waals surface area contributed by atoms with Gasteiger partial charge in [0.25, 0.3) is 0 Å². The molecule has 10 heteroatoms. The fraction of sp³-hybridized carbons (Fsp3) is 0.448. The predicted octanol–water partition coefficient (Wildman–Crippen LogP) is 3.69. The molecule has 1 aliphatic carbocycles. The molecule has 0 spiro atoms. The van der Waals surface area contributed by atoms with E-state index in [4.69, 9.17) is 4.74 Å². The number of rotatable bonds is 8. The molecule has 4 atom stereocenters. The number of carbonyl (C=O) groups is 2. The first-order chi connectivity index (χ1) is 18.7. The summed E-state index contributed by atoms with van der Waals surface area (Å²) in [5.41, 5.74) is 2.70. The molecule has 4 unspecified atom stereocenters. The molecule has 3 N–H and O–H groups in total. The zero-order valence-corrected chi connectivity index (χ0v) is 21.3. The molecule has 0 radical (unpaired) electrons. The number of nitrogens with one attached hydrogen (secondary N) is 1. The molecule has 2 bridgehead atoms. The zero-order chi connectivity index (χ0) is 27.7. The second-order valence-electron chi connectivity index (χ2n) is 10.5. The molecule has 2 aromatic rings. The minimum Gasteiger partial charge on any atom is -0.488 e. The number of nitrogens with zero attached hydrogens (tertiary/aromatic N) is 1. The molecule has 0 aromatic heterocycles. The van der Waals surface area contributed by atoms with Crippen LogP contribution < -0.4 is 10.1 Å². The van der Waals surface area contributed by atoms with Gasteiger partial charge in [0.1, 0.15) is 0 Å². The van der Waals surface area contributed by atoms with Gasteiger partial charge in [-0.05, 0) is 67.4 Å². The smallest absolute Gasteiger partial charge is 0.333 e. The molecule has 5 rings (SSSR count). The van der Waals surface area contributed by atoms with E-state index in [1.54, 1.807) is 4.90 Å². The second kappa shape index (κ2) is 11.4. The SMILES string of the molecule is O=C(O)C1=C(c2ccc(CCCOc3c(F)ccc(F)c3F)cc2)CC2CN(C(=O)C3CCCC3O)CC1N2. The van der Waals surface area contributed by atoms with Crippen LogP contribution in [-0.2, 0) is 16.0 Å². The molecular formula is C29H31F3N2O5. The highest BCUT2D eigenvalue weighted by molar-refractivity contribution is 5.99. The lowest BCUT2D eigenvalue weighted by Gasteiger charge is -2.44. The van der Waals surface area contributed by atoms with Gasteiger partial charge in [-0.3, -0.25) is 4.79 Å². The van der Waals surface area contributed by atoms with Crippen LogP contribution in [0.4, 0.5) is 13.2 Å². The van der Waals surface area contributed by atoms with Gasteiger partial charge in [-0.2, -0.15) is 4.39 Å². The molecular weight excluding hydrogens is 513 g/mol. The van der Waals surface area contributed by atoms with E-state index in [9.17, 15) is 33.0 Å². The van der Waals surface area contributed by atoms with E-state index in [-0.39, 0.29) is 30.7 Å². The van der Waals surface area contributed by atoms with Gasteiger partial charge >= 0.3 is 5.97 Å². The molecule has 2 fully saturated rings. The molecule has 1 saturated heterocycles. The van der Waals surface area contributed by atoms with Crippen molar-refractivity contribution in [2.24, 2.45) is 5.92 Å². The Labute approximate surface area is 224 Å². The number of piperazine rings is 1. The van der Waals surface area contributed by atoms with Gasteiger partial charge in [0.2, 0.25) is 11.7 Å².